The fourth-order valence-corrected chi connectivity index (χ4v) is 3.78. The molecule has 1 aliphatic heterocycles. The zero-order valence-electron chi connectivity index (χ0n) is 14.9. The predicted octanol–water partition coefficient (Wildman–Crippen LogP) is 3.09. The van der Waals surface area contributed by atoms with Gasteiger partial charge < -0.3 is 10.2 Å². The Morgan fingerprint density at radius 3 is 2.54 bits per heavy atom. The Hall–Kier alpha value is -2.34. The molecule has 5 nitrogen and oxygen atoms in total. The van der Waals surface area contributed by atoms with E-state index in [1.165, 1.54) is 0 Å². The van der Waals surface area contributed by atoms with Crippen LogP contribution in [0.5, 0.6) is 0 Å². The van der Waals surface area contributed by atoms with E-state index in [0.717, 1.165) is 36.4 Å². The third-order valence-corrected chi connectivity index (χ3v) is 5.53. The summed E-state index contributed by atoms with van der Waals surface area (Å²) in [4.78, 5) is 31.7. The molecule has 2 amide bonds. The Labute approximate surface area is 158 Å². The first-order chi connectivity index (χ1) is 12.7. The van der Waals surface area contributed by atoms with E-state index in [4.69, 9.17) is 0 Å². The zero-order chi connectivity index (χ0) is 18.4. The van der Waals surface area contributed by atoms with Gasteiger partial charge in [0, 0.05) is 42.5 Å². The van der Waals surface area contributed by atoms with Crippen molar-refractivity contribution in [2.75, 3.05) is 25.9 Å². The van der Waals surface area contributed by atoms with Crippen LogP contribution in [0.15, 0.2) is 53.7 Å². The van der Waals surface area contributed by atoms with Crippen LogP contribution in [0.2, 0.25) is 0 Å². The summed E-state index contributed by atoms with van der Waals surface area (Å²) in [5, 5.41) is 3.06. The predicted molar refractivity (Wildman–Crippen MR) is 103 cm³/mol. The Morgan fingerprint density at radius 1 is 1.15 bits per heavy atom. The lowest BCUT2D eigenvalue weighted by atomic mass is 9.96. The van der Waals surface area contributed by atoms with E-state index in [1.807, 2.05) is 35.4 Å². The average Bonchev–Trinajstić information content (AvgIpc) is 2.72. The van der Waals surface area contributed by atoms with E-state index in [0.29, 0.717) is 18.0 Å². The van der Waals surface area contributed by atoms with Crippen LogP contribution in [0.1, 0.15) is 33.6 Å². The summed E-state index contributed by atoms with van der Waals surface area (Å²) in [5.41, 5.74) is 1.41. The van der Waals surface area contributed by atoms with Gasteiger partial charge in [-0.3, -0.25) is 14.6 Å². The third-order valence-electron chi connectivity index (χ3n) is 4.73. The van der Waals surface area contributed by atoms with E-state index < -0.39 is 0 Å². The van der Waals surface area contributed by atoms with Gasteiger partial charge in [-0.1, -0.05) is 12.1 Å². The molecule has 3 rings (SSSR count). The van der Waals surface area contributed by atoms with Crippen molar-refractivity contribution in [2.45, 2.75) is 17.7 Å². The van der Waals surface area contributed by atoms with Crippen molar-refractivity contribution in [3.63, 3.8) is 0 Å². The van der Waals surface area contributed by atoms with Gasteiger partial charge in [-0.05, 0) is 49.3 Å². The maximum absolute atomic E-state index is 12.5. The van der Waals surface area contributed by atoms with Crippen LogP contribution in [-0.4, -0.2) is 47.6 Å². The summed E-state index contributed by atoms with van der Waals surface area (Å²) in [6.45, 7) is 2.10. The largest absolute Gasteiger partial charge is 0.352 e. The van der Waals surface area contributed by atoms with E-state index in [-0.39, 0.29) is 11.8 Å². The van der Waals surface area contributed by atoms with Crippen LogP contribution in [0.3, 0.4) is 0 Å². The summed E-state index contributed by atoms with van der Waals surface area (Å²) in [6, 6.07) is 11.1. The van der Waals surface area contributed by atoms with Gasteiger partial charge in [0.2, 0.25) is 0 Å². The van der Waals surface area contributed by atoms with Crippen molar-refractivity contribution in [1.82, 2.24) is 15.2 Å². The monoisotopic (exact) mass is 369 g/mol. The SMILES string of the molecule is CSc1ccccc1C(=O)NCC1CCN(C(=O)c2ccncc2)CC1. The third kappa shape index (κ3) is 4.43. The highest BCUT2D eigenvalue weighted by atomic mass is 32.2. The molecule has 1 aliphatic rings. The molecule has 0 aliphatic carbocycles. The number of likely N-dealkylation sites (tertiary alicyclic amines) is 1. The molecule has 136 valence electrons. The van der Waals surface area contributed by atoms with Gasteiger partial charge in [0.1, 0.15) is 0 Å². The van der Waals surface area contributed by atoms with Crippen molar-refractivity contribution in [1.29, 1.82) is 0 Å². The molecule has 6 heteroatoms. The van der Waals surface area contributed by atoms with Gasteiger partial charge >= 0.3 is 0 Å². The number of aromatic nitrogens is 1. The van der Waals surface area contributed by atoms with Crippen molar-refractivity contribution in [3.05, 3.63) is 59.9 Å². The first kappa shape index (κ1) is 18.5. The molecule has 1 saturated heterocycles. The first-order valence-electron chi connectivity index (χ1n) is 8.79. The highest BCUT2D eigenvalue weighted by molar-refractivity contribution is 7.98. The molecule has 0 bridgehead atoms. The van der Waals surface area contributed by atoms with Crippen molar-refractivity contribution >= 4 is 23.6 Å². The minimum absolute atomic E-state index is 0.0229. The molecular formula is C20H23N3O2S. The number of nitrogens with zero attached hydrogens (tertiary/aromatic N) is 2. The fourth-order valence-electron chi connectivity index (χ4n) is 3.18. The molecule has 2 aromatic rings. The lowest BCUT2D eigenvalue weighted by Crippen LogP contribution is -2.41. The molecule has 26 heavy (non-hydrogen) atoms. The van der Waals surface area contributed by atoms with Crippen molar-refractivity contribution in [2.24, 2.45) is 5.92 Å². The highest BCUT2D eigenvalue weighted by Crippen LogP contribution is 2.21. The van der Waals surface area contributed by atoms with Crippen LogP contribution in [0, 0.1) is 5.92 Å². The minimum Gasteiger partial charge on any atom is -0.352 e. The van der Waals surface area contributed by atoms with Gasteiger partial charge in [0.05, 0.1) is 5.56 Å². The molecule has 1 aromatic carbocycles. The molecule has 1 fully saturated rings. The number of pyridine rings is 1. The second-order valence-corrected chi connectivity index (χ2v) is 7.23. The standard InChI is InChI=1S/C20H23N3O2S/c1-26-18-5-3-2-4-17(18)19(24)22-14-15-8-12-23(13-9-15)20(25)16-6-10-21-11-7-16/h2-7,10-11,15H,8-9,12-14H2,1H3,(H,22,24). The lowest BCUT2D eigenvalue weighted by molar-refractivity contribution is 0.0684. The quantitative estimate of drug-likeness (QED) is 0.823. The summed E-state index contributed by atoms with van der Waals surface area (Å²) >= 11 is 1.58. The summed E-state index contributed by atoms with van der Waals surface area (Å²) in [5.74, 6) is 0.441. The smallest absolute Gasteiger partial charge is 0.253 e. The molecule has 0 unspecified atom stereocenters. The number of piperidine rings is 1. The van der Waals surface area contributed by atoms with Gasteiger partial charge in [-0.2, -0.15) is 0 Å². The number of amides is 2. The van der Waals surface area contributed by atoms with Crippen LogP contribution in [-0.2, 0) is 0 Å². The van der Waals surface area contributed by atoms with Gasteiger partial charge in [-0.15, -0.1) is 11.8 Å². The Kier molecular flexibility index (Phi) is 6.28. The van der Waals surface area contributed by atoms with Gasteiger partial charge in [0.15, 0.2) is 0 Å². The lowest BCUT2D eigenvalue weighted by Gasteiger charge is -2.32. The van der Waals surface area contributed by atoms with Crippen molar-refractivity contribution in [3.8, 4) is 0 Å². The first-order valence-corrected chi connectivity index (χ1v) is 10.0. The Morgan fingerprint density at radius 2 is 1.85 bits per heavy atom. The number of thioether (sulfide) groups is 1. The number of rotatable bonds is 5. The number of benzene rings is 1. The molecule has 2 heterocycles. The maximum Gasteiger partial charge on any atom is 0.253 e. The van der Waals surface area contributed by atoms with Crippen LogP contribution >= 0.6 is 11.8 Å². The number of carbonyl (C=O) groups excluding carboxylic acids is 2. The molecule has 0 radical (unpaired) electrons. The van der Waals surface area contributed by atoms with Crippen molar-refractivity contribution < 1.29 is 9.59 Å². The molecule has 0 atom stereocenters. The molecule has 0 saturated carbocycles. The normalized spacial score (nSPS) is 14.9. The summed E-state index contributed by atoms with van der Waals surface area (Å²) in [6.07, 6.45) is 7.06. The zero-order valence-corrected chi connectivity index (χ0v) is 15.7. The fraction of sp³-hybridized carbons (Fsp3) is 0.350. The van der Waals surface area contributed by atoms with Crippen LogP contribution < -0.4 is 5.32 Å². The topological polar surface area (TPSA) is 62.3 Å². The highest BCUT2D eigenvalue weighted by Gasteiger charge is 2.24. The van der Waals surface area contributed by atoms with E-state index in [1.54, 1.807) is 36.3 Å². The molecule has 0 spiro atoms. The number of hydrogen-bond donors (Lipinski definition) is 1. The van der Waals surface area contributed by atoms with Crippen LogP contribution in [0.25, 0.3) is 0 Å². The molecular weight excluding hydrogens is 346 g/mol. The van der Waals surface area contributed by atoms with Crippen LogP contribution in [0.4, 0.5) is 0 Å². The summed E-state index contributed by atoms with van der Waals surface area (Å²) in [7, 11) is 0. The second kappa shape index (κ2) is 8.85. The maximum atomic E-state index is 12.5. The minimum atomic E-state index is -0.0229. The molecule has 1 N–H and O–H groups in total. The van der Waals surface area contributed by atoms with E-state index in [9.17, 15) is 9.59 Å². The Bertz CT molecular complexity index is 759. The number of nitrogens with one attached hydrogen (secondary N) is 1. The number of carbonyl (C=O) groups is 2. The number of hydrogen-bond acceptors (Lipinski definition) is 4. The van der Waals surface area contributed by atoms with E-state index >= 15 is 0 Å². The van der Waals surface area contributed by atoms with E-state index in [2.05, 4.69) is 10.3 Å². The average molecular weight is 369 g/mol. The van der Waals surface area contributed by atoms with Gasteiger partial charge in [0.25, 0.3) is 11.8 Å². The summed E-state index contributed by atoms with van der Waals surface area (Å²) < 4.78 is 0. The molecule has 1 aromatic heterocycles. The second-order valence-electron chi connectivity index (χ2n) is 6.38. The van der Waals surface area contributed by atoms with Gasteiger partial charge in [-0.25, -0.2) is 0 Å². The Balaban J connectivity index is 1.48.